The molecular weight excluding hydrogens is 242 g/mol. The molecule has 2 rings (SSSR count). The molecule has 0 aliphatic carbocycles. The maximum atomic E-state index is 4.25. The van der Waals surface area contributed by atoms with Gasteiger partial charge in [-0.2, -0.15) is 0 Å². The minimum Gasteiger partial charge on any atom is -0.370 e. The minimum absolute atomic E-state index is 0.848. The van der Waals surface area contributed by atoms with Crippen molar-refractivity contribution in [2.24, 2.45) is 0 Å². The summed E-state index contributed by atoms with van der Waals surface area (Å²) in [6.45, 7) is 4.89. The molecule has 7 heteroatoms. The Balaban J connectivity index is 2.24. The van der Waals surface area contributed by atoms with Gasteiger partial charge in [-0.25, -0.2) is 9.97 Å². The predicted molar refractivity (Wildman–Crippen MR) is 65.0 cm³/mol. The van der Waals surface area contributed by atoms with Gasteiger partial charge >= 0.3 is 0 Å². The molecule has 5 nitrogen and oxygen atoms in total. The zero-order chi connectivity index (χ0) is 11.4. The van der Waals surface area contributed by atoms with Gasteiger partial charge in [0, 0.05) is 12.1 Å². The first kappa shape index (κ1) is 11.3. The van der Waals surface area contributed by atoms with Crippen LogP contribution in [0.1, 0.15) is 12.5 Å². The van der Waals surface area contributed by atoms with E-state index in [2.05, 4.69) is 25.5 Å². The average Bonchev–Trinajstić information content (AvgIpc) is 2.77. The van der Waals surface area contributed by atoms with Crippen LogP contribution >= 0.6 is 23.1 Å². The maximum Gasteiger partial charge on any atom is 0.180 e. The van der Waals surface area contributed by atoms with Gasteiger partial charge < -0.3 is 5.32 Å². The number of anilines is 1. The summed E-state index contributed by atoms with van der Waals surface area (Å²) in [5, 5.41) is 11.9. The van der Waals surface area contributed by atoms with Crippen LogP contribution in [-0.4, -0.2) is 26.7 Å². The van der Waals surface area contributed by atoms with Gasteiger partial charge in [-0.15, -0.1) is 10.2 Å². The molecule has 0 bridgehead atoms. The number of hydrogen-bond donors (Lipinski definition) is 1. The zero-order valence-corrected chi connectivity index (χ0v) is 10.6. The van der Waals surface area contributed by atoms with Gasteiger partial charge in [0.2, 0.25) is 0 Å². The van der Waals surface area contributed by atoms with E-state index in [0.717, 1.165) is 27.3 Å². The van der Waals surface area contributed by atoms with Crippen molar-refractivity contribution in [2.75, 3.05) is 11.9 Å². The Labute approximate surface area is 102 Å². The van der Waals surface area contributed by atoms with Crippen molar-refractivity contribution in [3.05, 3.63) is 17.4 Å². The van der Waals surface area contributed by atoms with Crippen molar-refractivity contribution in [3.8, 4) is 0 Å². The first-order valence-electron chi connectivity index (χ1n) is 4.80. The Kier molecular flexibility index (Phi) is 3.68. The molecule has 2 aromatic heterocycles. The highest BCUT2D eigenvalue weighted by molar-refractivity contribution is 8.01. The summed E-state index contributed by atoms with van der Waals surface area (Å²) in [6.07, 6.45) is 1.56. The molecular formula is C9H11N5S2. The van der Waals surface area contributed by atoms with Gasteiger partial charge in [0.05, 0.1) is 0 Å². The Bertz CT molecular complexity index is 457. The van der Waals surface area contributed by atoms with Crippen molar-refractivity contribution in [2.45, 2.75) is 23.2 Å². The van der Waals surface area contributed by atoms with E-state index in [1.165, 1.54) is 23.1 Å². The molecule has 0 aliphatic rings. The topological polar surface area (TPSA) is 63.6 Å². The molecule has 0 radical (unpaired) electrons. The van der Waals surface area contributed by atoms with E-state index < -0.39 is 0 Å². The molecule has 0 aromatic carbocycles. The maximum absolute atomic E-state index is 4.25. The first-order chi connectivity index (χ1) is 7.81. The largest absolute Gasteiger partial charge is 0.370 e. The van der Waals surface area contributed by atoms with Crippen LogP contribution in [0.4, 0.5) is 5.82 Å². The van der Waals surface area contributed by atoms with E-state index in [1.807, 2.05) is 13.8 Å². The van der Waals surface area contributed by atoms with Crippen molar-refractivity contribution >= 4 is 28.9 Å². The second-order valence-electron chi connectivity index (χ2n) is 2.99. The van der Waals surface area contributed by atoms with Crippen molar-refractivity contribution in [1.82, 2.24) is 20.2 Å². The second-order valence-corrected chi connectivity index (χ2v) is 5.06. The number of rotatable bonds is 4. The predicted octanol–water partition coefficient (Wildman–Crippen LogP) is 2.22. The number of nitrogens with one attached hydrogen (secondary N) is 1. The summed E-state index contributed by atoms with van der Waals surface area (Å²) >= 11 is 3.02. The molecule has 84 valence electrons. The lowest BCUT2D eigenvalue weighted by Crippen LogP contribution is -2.03. The Hall–Kier alpha value is -1.21. The first-order valence-corrected chi connectivity index (χ1v) is 6.50. The molecule has 0 saturated carbocycles. The Morgan fingerprint density at radius 2 is 2.31 bits per heavy atom. The van der Waals surface area contributed by atoms with E-state index in [-0.39, 0.29) is 0 Å². The molecule has 2 aromatic rings. The highest BCUT2D eigenvalue weighted by Crippen LogP contribution is 2.30. The third-order valence-electron chi connectivity index (χ3n) is 1.91. The molecule has 0 spiro atoms. The van der Waals surface area contributed by atoms with Gasteiger partial charge in [-0.05, 0) is 25.6 Å². The molecule has 0 unspecified atom stereocenters. The van der Waals surface area contributed by atoms with Gasteiger partial charge in [0.1, 0.15) is 22.7 Å². The van der Waals surface area contributed by atoms with Crippen molar-refractivity contribution in [3.63, 3.8) is 0 Å². The van der Waals surface area contributed by atoms with Gasteiger partial charge in [0.25, 0.3) is 0 Å². The molecule has 0 fully saturated rings. The Morgan fingerprint density at radius 1 is 1.44 bits per heavy atom. The van der Waals surface area contributed by atoms with Crippen molar-refractivity contribution in [1.29, 1.82) is 0 Å². The van der Waals surface area contributed by atoms with E-state index >= 15 is 0 Å². The smallest absolute Gasteiger partial charge is 0.180 e. The van der Waals surface area contributed by atoms with Crippen LogP contribution in [0.25, 0.3) is 0 Å². The molecule has 0 aliphatic heterocycles. The van der Waals surface area contributed by atoms with Crippen LogP contribution in [0.3, 0.4) is 0 Å². The molecule has 0 saturated heterocycles. The highest BCUT2D eigenvalue weighted by atomic mass is 32.2. The second kappa shape index (κ2) is 5.22. The standard InChI is InChI=1S/C9H11N5S2/c1-3-10-7-6(2)8(12-4-11-7)16-9-14-13-5-15-9/h4-5H,3H2,1-2H3,(H,10,11,12). The average molecular weight is 253 g/mol. The zero-order valence-electron chi connectivity index (χ0n) is 8.97. The Morgan fingerprint density at radius 3 is 3.00 bits per heavy atom. The van der Waals surface area contributed by atoms with Crippen LogP contribution < -0.4 is 5.32 Å². The summed E-state index contributed by atoms with van der Waals surface area (Å²) in [5.74, 6) is 0.879. The van der Waals surface area contributed by atoms with Crippen LogP contribution in [-0.2, 0) is 0 Å². The van der Waals surface area contributed by atoms with E-state index in [1.54, 1.807) is 11.8 Å². The van der Waals surface area contributed by atoms with Crippen LogP contribution in [0.5, 0.6) is 0 Å². The fourth-order valence-electron chi connectivity index (χ4n) is 1.17. The number of aromatic nitrogens is 4. The number of hydrogen-bond acceptors (Lipinski definition) is 7. The van der Waals surface area contributed by atoms with E-state index in [0.29, 0.717) is 0 Å². The minimum atomic E-state index is 0.848. The quantitative estimate of drug-likeness (QED) is 0.843. The summed E-state index contributed by atoms with van der Waals surface area (Å²) < 4.78 is 0.893. The SMILES string of the molecule is CCNc1ncnc(Sc2nncs2)c1C. The monoisotopic (exact) mass is 253 g/mol. The van der Waals surface area contributed by atoms with Crippen molar-refractivity contribution < 1.29 is 0 Å². The lowest BCUT2D eigenvalue weighted by Gasteiger charge is -2.08. The van der Waals surface area contributed by atoms with Gasteiger partial charge in [0.15, 0.2) is 4.34 Å². The third kappa shape index (κ3) is 2.48. The summed E-state index contributed by atoms with van der Waals surface area (Å²) in [5.41, 5.74) is 2.76. The van der Waals surface area contributed by atoms with Crippen LogP contribution in [0.15, 0.2) is 21.2 Å². The molecule has 0 atom stereocenters. The lowest BCUT2D eigenvalue weighted by molar-refractivity contribution is 0.976. The van der Waals surface area contributed by atoms with Gasteiger partial charge in [-0.3, -0.25) is 0 Å². The highest BCUT2D eigenvalue weighted by Gasteiger charge is 2.09. The van der Waals surface area contributed by atoms with Gasteiger partial charge in [-0.1, -0.05) is 11.3 Å². The van der Waals surface area contributed by atoms with E-state index in [9.17, 15) is 0 Å². The molecule has 1 N–H and O–H groups in total. The fraction of sp³-hybridized carbons (Fsp3) is 0.333. The van der Waals surface area contributed by atoms with E-state index in [4.69, 9.17) is 0 Å². The molecule has 2 heterocycles. The molecule has 16 heavy (non-hydrogen) atoms. The fourth-order valence-corrected chi connectivity index (χ4v) is 2.61. The lowest BCUT2D eigenvalue weighted by atomic mass is 10.3. The molecule has 0 amide bonds. The summed E-state index contributed by atoms with van der Waals surface area (Å²) in [6, 6.07) is 0. The summed E-state index contributed by atoms with van der Waals surface area (Å²) in [4.78, 5) is 8.44. The normalized spacial score (nSPS) is 10.4. The summed E-state index contributed by atoms with van der Waals surface area (Å²) in [7, 11) is 0. The van der Waals surface area contributed by atoms with Crippen LogP contribution in [0, 0.1) is 6.92 Å². The van der Waals surface area contributed by atoms with Crippen LogP contribution in [0.2, 0.25) is 0 Å². The third-order valence-corrected chi connectivity index (χ3v) is 3.79. The number of nitrogens with zero attached hydrogens (tertiary/aromatic N) is 4.